The number of carbonyl (C=O) groups is 4. The van der Waals surface area contributed by atoms with E-state index in [0.29, 0.717) is 38.1 Å². The number of amides is 4. The van der Waals surface area contributed by atoms with Gasteiger partial charge < -0.3 is 21.3 Å². The summed E-state index contributed by atoms with van der Waals surface area (Å²) in [4.78, 5) is 50.0. The molecule has 0 radical (unpaired) electrons. The molecule has 26 heavy (non-hydrogen) atoms. The predicted octanol–water partition coefficient (Wildman–Crippen LogP) is -0.560. The zero-order valence-electron chi connectivity index (χ0n) is 14.8. The van der Waals surface area contributed by atoms with Gasteiger partial charge in [0.1, 0.15) is 11.6 Å². The van der Waals surface area contributed by atoms with Gasteiger partial charge in [-0.2, -0.15) is 0 Å². The smallest absolute Gasteiger partial charge is 0.243 e. The van der Waals surface area contributed by atoms with Gasteiger partial charge in [0.15, 0.2) is 0 Å². The van der Waals surface area contributed by atoms with Crippen molar-refractivity contribution in [2.45, 2.75) is 50.1 Å². The van der Waals surface area contributed by atoms with Crippen LogP contribution in [0.15, 0.2) is 12.7 Å². The maximum Gasteiger partial charge on any atom is 0.243 e. The molecule has 2 aliphatic carbocycles. The number of hydrogen-bond acceptors (Lipinski definition) is 4. The van der Waals surface area contributed by atoms with Crippen LogP contribution in [0.2, 0.25) is 0 Å². The summed E-state index contributed by atoms with van der Waals surface area (Å²) in [6, 6.07) is -0.634. The van der Waals surface area contributed by atoms with Crippen molar-refractivity contribution in [3.05, 3.63) is 12.7 Å². The molecule has 8 nitrogen and oxygen atoms in total. The van der Waals surface area contributed by atoms with Gasteiger partial charge in [0, 0.05) is 18.9 Å². The van der Waals surface area contributed by atoms with Gasteiger partial charge in [-0.1, -0.05) is 6.08 Å². The van der Waals surface area contributed by atoms with Crippen LogP contribution in [-0.2, 0) is 19.2 Å². The lowest BCUT2D eigenvalue weighted by atomic mass is 10.1. The highest BCUT2D eigenvalue weighted by Gasteiger charge is 2.59. The van der Waals surface area contributed by atoms with Crippen molar-refractivity contribution >= 4 is 23.6 Å². The molecule has 142 valence electrons. The average Bonchev–Trinajstić information content (AvgIpc) is 3.49. The lowest BCUT2D eigenvalue weighted by molar-refractivity contribution is -0.139. The van der Waals surface area contributed by atoms with Crippen LogP contribution < -0.4 is 16.4 Å². The summed E-state index contributed by atoms with van der Waals surface area (Å²) in [7, 11) is 0. The summed E-state index contributed by atoms with van der Waals surface area (Å²) in [6.07, 6.45) is 5.89. The van der Waals surface area contributed by atoms with Crippen molar-refractivity contribution in [3.63, 3.8) is 0 Å². The van der Waals surface area contributed by atoms with E-state index in [1.165, 1.54) is 4.90 Å². The van der Waals surface area contributed by atoms with E-state index in [1.807, 2.05) is 0 Å². The van der Waals surface area contributed by atoms with Gasteiger partial charge in [-0.05, 0) is 38.0 Å². The Balaban J connectivity index is 1.54. The fraction of sp³-hybridized carbons (Fsp3) is 0.667. The molecular weight excluding hydrogens is 336 g/mol. The summed E-state index contributed by atoms with van der Waals surface area (Å²) in [5.74, 6) is -1.08. The summed E-state index contributed by atoms with van der Waals surface area (Å²) in [5.41, 5.74) is 4.36. The van der Waals surface area contributed by atoms with E-state index in [1.54, 1.807) is 6.08 Å². The van der Waals surface area contributed by atoms with Crippen LogP contribution in [0.5, 0.6) is 0 Å². The zero-order valence-corrected chi connectivity index (χ0v) is 14.8. The number of rotatable bonds is 8. The Morgan fingerprint density at radius 3 is 2.54 bits per heavy atom. The van der Waals surface area contributed by atoms with E-state index in [2.05, 4.69) is 17.2 Å². The SMILES string of the molecule is C=CC1CC1(NC(=O)[C@@H]1CCCN1C(=O)CNC(=O)CC1CC1)C(N)=O. The average molecular weight is 362 g/mol. The van der Waals surface area contributed by atoms with Crippen LogP contribution in [0.1, 0.15) is 38.5 Å². The molecule has 8 heteroatoms. The molecule has 4 amide bonds. The van der Waals surface area contributed by atoms with Gasteiger partial charge in [0.25, 0.3) is 0 Å². The van der Waals surface area contributed by atoms with Crippen LogP contribution in [0.3, 0.4) is 0 Å². The molecule has 3 aliphatic rings. The Kier molecular flexibility index (Phi) is 5.02. The van der Waals surface area contributed by atoms with Crippen molar-refractivity contribution in [1.82, 2.24) is 15.5 Å². The van der Waals surface area contributed by atoms with Gasteiger partial charge >= 0.3 is 0 Å². The van der Waals surface area contributed by atoms with Gasteiger partial charge in [-0.15, -0.1) is 6.58 Å². The highest BCUT2D eigenvalue weighted by molar-refractivity contribution is 5.97. The third-order valence-electron chi connectivity index (χ3n) is 5.57. The molecule has 3 fully saturated rings. The first-order chi connectivity index (χ1) is 12.4. The highest BCUT2D eigenvalue weighted by Crippen LogP contribution is 2.44. The van der Waals surface area contributed by atoms with Crippen molar-refractivity contribution in [2.75, 3.05) is 13.1 Å². The van der Waals surface area contributed by atoms with Crippen molar-refractivity contribution in [2.24, 2.45) is 17.6 Å². The van der Waals surface area contributed by atoms with E-state index in [0.717, 1.165) is 12.8 Å². The maximum absolute atomic E-state index is 12.6. The van der Waals surface area contributed by atoms with Crippen LogP contribution >= 0.6 is 0 Å². The molecule has 0 aromatic rings. The number of primary amides is 1. The van der Waals surface area contributed by atoms with Crippen molar-refractivity contribution in [3.8, 4) is 0 Å². The minimum Gasteiger partial charge on any atom is -0.368 e. The summed E-state index contributed by atoms with van der Waals surface area (Å²) >= 11 is 0. The van der Waals surface area contributed by atoms with E-state index in [9.17, 15) is 19.2 Å². The number of hydrogen-bond donors (Lipinski definition) is 3. The van der Waals surface area contributed by atoms with Crippen LogP contribution in [-0.4, -0.2) is 53.2 Å². The quantitative estimate of drug-likeness (QED) is 0.501. The Morgan fingerprint density at radius 1 is 1.23 bits per heavy atom. The molecule has 0 aromatic carbocycles. The minimum atomic E-state index is -1.07. The van der Waals surface area contributed by atoms with Crippen LogP contribution in [0.4, 0.5) is 0 Å². The first-order valence-electron chi connectivity index (χ1n) is 9.18. The van der Waals surface area contributed by atoms with E-state index in [4.69, 9.17) is 5.73 Å². The zero-order chi connectivity index (χ0) is 18.9. The number of nitrogens with zero attached hydrogens (tertiary/aromatic N) is 1. The minimum absolute atomic E-state index is 0.106. The Bertz CT molecular complexity index is 645. The largest absolute Gasteiger partial charge is 0.368 e. The van der Waals surface area contributed by atoms with Crippen molar-refractivity contribution < 1.29 is 19.2 Å². The molecule has 4 N–H and O–H groups in total. The Labute approximate surface area is 152 Å². The fourth-order valence-electron chi connectivity index (χ4n) is 3.63. The number of likely N-dealkylation sites (tertiary alicyclic amines) is 1. The van der Waals surface area contributed by atoms with E-state index in [-0.39, 0.29) is 30.2 Å². The van der Waals surface area contributed by atoms with Gasteiger partial charge in [0.05, 0.1) is 6.54 Å². The Hall–Kier alpha value is -2.38. The monoisotopic (exact) mass is 362 g/mol. The molecule has 2 unspecified atom stereocenters. The normalized spacial score (nSPS) is 29.8. The van der Waals surface area contributed by atoms with Gasteiger partial charge in [0.2, 0.25) is 23.6 Å². The number of nitrogens with one attached hydrogen (secondary N) is 2. The first-order valence-corrected chi connectivity index (χ1v) is 9.18. The molecule has 3 atom stereocenters. The molecular formula is C18H26N4O4. The topological polar surface area (TPSA) is 122 Å². The molecule has 1 aliphatic heterocycles. The number of carbonyl (C=O) groups excluding carboxylic acids is 4. The summed E-state index contributed by atoms with van der Waals surface area (Å²) in [5, 5.41) is 5.36. The summed E-state index contributed by atoms with van der Waals surface area (Å²) < 4.78 is 0. The van der Waals surface area contributed by atoms with Crippen LogP contribution in [0, 0.1) is 11.8 Å². The fourth-order valence-corrected chi connectivity index (χ4v) is 3.63. The molecule has 0 aromatic heterocycles. The maximum atomic E-state index is 12.6. The highest BCUT2D eigenvalue weighted by atomic mass is 16.2. The standard InChI is InChI=1S/C18H26N4O4/c1-2-12-9-18(12,17(19)26)21-16(25)13-4-3-7-22(13)15(24)10-20-14(23)8-11-5-6-11/h2,11-13H,1,3-10H2,(H2,19,26)(H,20,23)(H,21,25)/t12?,13-,18?/m0/s1. The number of nitrogens with two attached hydrogens (primary N) is 1. The van der Waals surface area contributed by atoms with E-state index >= 15 is 0 Å². The molecule has 1 saturated heterocycles. The summed E-state index contributed by atoms with van der Waals surface area (Å²) in [6.45, 7) is 4.01. The van der Waals surface area contributed by atoms with E-state index < -0.39 is 17.5 Å². The third-order valence-corrected chi connectivity index (χ3v) is 5.57. The molecule has 0 spiro atoms. The lowest BCUT2D eigenvalue weighted by Gasteiger charge is -2.26. The van der Waals surface area contributed by atoms with Gasteiger partial charge in [-0.3, -0.25) is 19.2 Å². The molecule has 3 rings (SSSR count). The Morgan fingerprint density at radius 2 is 1.96 bits per heavy atom. The molecule has 0 bridgehead atoms. The first kappa shape index (κ1) is 18.4. The van der Waals surface area contributed by atoms with Gasteiger partial charge in [-0.25, -0.2) is 0 Å². The lowest BCUT2D eigenvalue weighted by Crippen LogP contribution is -2.55. The van der Waals surface area contributed by atoms with Crippen molar-refractivity contribution in [1.29, 1.82) is 0 Å². The predicted molar refractivity (Wildman–Crippen MR) is 93.5 cm³/mol. The second-order valence-corrected chi connectivity index (χ2v) is 7.54. The third kappa shape index (κ3) is 3.73. The second-order valence-electron chi connectivity index (χ2n) is 7.54. The van der Waals surface area contributed by atoms with Crippen LogP contribution in [0.25, 0.3) is 0 Å². The second kappa shape index (κ2) is 7.09. The molecule has 2 saturated carbocycles. The molecule has 1 heterocycles.